The highest BCUT2D eigenvalue weighted by Gasteiger charge is 2.47. The average molecular weight is 1540 g/mol. The number of fused-ring (bicyclic) bond motifs is 1. The molecule has 13 amide bonds. The average Bonchev–Trinajstić information content (AvgIpc) is 0.782. The van der Waals surface area contributed by atoms with Crippen LogP contribution in [0.5, 0.6) is 5.75 Å². The van der Waals surface area contributed by atoms with Crippen LogP contribution in [0.3, 0.4) is 0 Å². The number of piperidine rings is 1. The first kappa shape index (κ1) is 84.7. The Labute approximate surface area is 617 Å². The molecule has 0 bridgehead atoms. The zero-order chi connectivity index (χ0) is 76.1. The summed E-state index contributed by atoms with van der Waals surface area (Å²) in [7, 11) is 13.0. The fourth-order valence-electron chi connectivity index (χ4n) is 13.1. The molecule has 3 saturated heterocycles. The van der Waals surface area contributed by atoms with Crippen LogP contribution in [0.15, 0.2) is 48.5 Å². The van der Waals surface area contributed by atoms with E-state index in [0.717, 1.165) is 24.7 Å². The van der Waals surface area contributed by atoms with Crippen LogP contribution in [0.4, 0.5) is 0 Å². The zero-order valence-corrected chi connectivity index (χ0v) is 65.3. The maximum absolute atomic E-state index is 15.4. The van der Waals surface area contributed by atoms with Gasteiger partial charge in [-0.2, -0.15) is 0 Å². The van der Waals surface area contributed by atoms with Crippen LogP contribution in [0.2, 0.25) is 0 Å². The Morgan fingerprint density at radius 2 is 1.22 bits per heavy atom. The van der Waals surface area contributed by atoms with Crippen molar-refractivity contribution in [2.24, 2.45) is 17.8 Å². The minimum Gasteiger partial charge on any atom is -0.497 e. The number of methoxy groups -OCH3 is 1. The molecule has 3 aliphatic rings. The Bertz CT molecular complexity index is 3270. The first-order valence-corrected chi connectivity index (χ1v) is 37.1. The number of rotatable bonds is 18. The normalized spacial score (nSPS) is 25.0. The van der Waals surface area contributed by atoms with Gasteiger partial charge in [0, 0.05) is 98.8 Å². The standard InChI is InChI=1S/C74H114IN13O14/c1-18-20-27-53-69(96)84(14)56(32-33-62(90)80(9)10)66(93)78-55(38-45(3)4)70(97)85(15)60(73(100)87-35-22-21-23-36-87)43-63(91)83(13)58(39-46(5)6)67(94)79-64(47(7)19-2)74(101)82(12)48(8)68(95)88-37-34-57(88)72(99)86(16)59(42-49-28-30-52(102-17)31-29-49)71(98)81(11)44-61(89)76-54(65(92)77-53)41-50-25-24-26-51(75)40-50/h24-26,28-31,40,45-48,53-60,64H,18-23,27,32-39,41-44H2,1-17H3,(H,76,89)(H,77,92)(H,78,93)(H,79,94)/t47-,48-,53+,54-,55-,56+,57-,58-,59-,60-,64-/m0/s1. The third-order valence-electron chi connectivity index (χ3n) is 20.1. The fraction of sp³-hybridized carbons (Fsp3) is 0.662. The van der Waals surface area contributed by atoms with Crippen molar-refractivity contribution in [3.63, 3.8) is 0 Å². The van der Waals surface area contributed by atoms with Gasteiger partial charge in [0.15, 0.2) is 0 Å². The Morgan fingerprint density at radius 1 is 0.608 bits per heavy atom. The maximum atomic E-state index is 15.4. The number of nitrogens with zero attached hydrogens (tertiary/aromatic N) is 9. The van der Waals surface area contributed by atoms with E-state index in [1.807, 2.05) is 53.7 Å². The van der Waals surface area contributed by atoms with Crippen LogP contribution in [0.25, 0.3) is 0 Å². The molecule has 2 aromatic carbocycles. The summed E-state index contributed by atoms with van der Waals surface area (Å²) >= 11 is 2.13. The third kappa shape index (κ3) is 23.0. The monoisotopic (exact) mass is 1540 g/mol. The van der Waals surface area contributed by atoms with Crippen LogP contribution < -0.4 is 26.0 Å². The van der Waals surface area contributed by atoms with Crippen molar-refractivity contribution < 1.29 is 67.1 Å². The van der Waals surface area contributed by atoms with Gasteiger partial charge in [0.05, 0.1) is 20.1 Å². The van der Waals surface area contributed by atoms with Gasteiger partial charge in [0.1, 0.15) is 66.2 Å². The van der Waals surface area contributed by atoms with E-state index in [9.17, 15) is 33.6 Å². The van der Waals surface area contributed by atoms with E-state index in [-0.39, 0.29) is 75.7 Å². The van der Waals surface area contributed by atoms with Crippen molar-refractivity contribution in [1.29, 1.82) is 0 Å². The number of likely N-dealkylation sites (N-methyl/N-ethyl adjacent to an activating group) is 6. The number of hydrogen-bond donors (Lipinski definition) is 4. The highest BCUT2D eigenvalue weighted by atomic mass is 127. The molecule has 102 heavy (non-hydrogen) atoms. The van der Waals surface area contributed by atoms with Crippen LogP contribution in [0.1, 0.15) is 150 Å². The largest absolute Gasteiger partial charge is 0.497 e. The summed E-state index contributed by atoms with van der Waals surface area (Å²) in [5, 5.41) is 11.5. The van der Waals surface area contributed by atoms with Crippen molar-refractivity contribution in [3.8, 4) is 5.75 Å². The van der Waals surface area contributed by atoms with Crippen molar-refractivity contribution in [1.82, 2.24) is 65.4 Å². The molecule has 2 aromatic rings. The first-order chi connectivity index (χ1) is 48.1. The third-order valence-corrected chi connectivity index (χ3v) is 20.8. The summed E-state index contributed by atoms with van der Waals surface area (Å²) < 4.78 is 6.22. The molecule has 0 spiro atoms. The van der Waals surface area contributed by atoms with Gasteiger partial charge in [-0.15, -0.1) is 0 Å². The lowest BCUT2D eigenvalue weighted by Crippen LogP contribution is -2.65. The van der Waals surface area contributed by atoms with E-state index >= 15 is 28.8 Å². The Hall–Kier alpha value is -7.92. The van der Waals surface area contributed by atoms with Gasteiger partial charge in [0.25, 0.3) is 0 Å². The number of unbranched alkanes of at least 4 members (excludes halogenated alkanes) is 1. The number of nitrogens with one attached hydrogen (secondary N) is 4. The van der Waals surface area contributed by atoms with Gasteiger partial charge in [-0.05, 0) is 134 Å². The summed E-state index contributed by atoms with van der Waals surface area (Å²) in [5.74, 6) is -8.95. The van der Waals surface area contributed by atoms with Gasteiger partial charge in [-0.1, -0.05) is 92.0 Å². The molecular weight excluding hydrogens is 1420 g/mol. The number of ether oxygens (including phenoxy) is 1. The molecule has 0 radical (unpaired) electrons. The van der Waals surface area contributed by atoms with E-state index in [1.54, 1.807) is 62.3 Å². The van der Waals surface area contributed by atoms with E-state index in [0.29, 0.717) is 62.1 Å². The SMILES string of the molecule is CCCC[C@H]1NC(=O)[C@H](Cc2cccc(I)c2)NC(=O)CN(C)C(=O)[C@H](Cc2ccc(OC)cc2)N(C)C(=O)[C@@H]2CCN2C(=O)[C@H](C)N(C)C(=O)[C@H]([C@@H](C)CC)NC(=O)[C@H](CC(C)C)N(C)C(=O)C[C@@H](C(=O)N2CCCCC2)N(C)C(=O)[C@H](CC(C)C)NC(=O)[C@@H](CCC(=O)N(C)C)N(C)C1=O. The molecule has 566 valence electrons. The molecule has 0 unspecified atom stereocenters. The lowest BCUT2D eigenvalue weighted by molar-refractivity contribution is -0.160. The molecule has 27 nitrogen and oxygen atoms in total. The minimum absolute atomic E-state index is 0.0235. The molecule has 4 N–H and O–H groups in total. The minimum atomic E-state index is -1.45. The quantitative estimate of drug-likeness (QED) is 0.154. The van der Waals surface area contributed by atoms with E-state index in [4.69, 9.17) is 4.74 Å². The van der Waals surface area contributed by atoms with Gasteiger partial charge in [0.2, 0.25) is 76.8 Å². The fourth-order valence-corrected chi connectivity index (χ4v) is 13.7. The molecule has 3 fully saturated rings. The lowest BCUT2D eigenvalue weighted by Gasteiger charge is -2.45. The highest BCUT2D eigenvalue weighted by Crippen LogP contribution is 2.27. The molecular formula is C74H114IN13O14. The number of benzene rings is 2. The van der Waals surface area contributed by atoms with Crippen LogP contribution >= 0.6 is 22.6 Å². The van der Waals surface area contributed by atoms with E-state index < -0.39 is 150 Å². The number of hydrogen-bond acceptors (Lipinski definition) is 14. The van der Waals surface area contributed by atoms with E-state index in [1.165, 1.54) is 80.8 Å². The predicted octanol–water partition coefficient (Wildman–Crippen LogP) is 3.85. The van der Waals surface area contributed by atoms with Gasteiger partial charge >= 0.3 is 0 Å². The number of carbonyl (C=O) groups is 13. The summed E-state index contributed by atoms with van der Waals surface area (Å²) in [6, 6.07) is 1.26. The number of halogens is 1. The Balaban J connectivity index is 1.68. The lowest BCUT2D eigenvalue weighted by atomic mass is 9.95. The number of amides is 13. The second kappa shape index (κ2) is 39.7. The van der Waals surface area contributed by atoms with Crippen LogP contribution in [0, 0.1) is 21.3 Å². The second-order valence-corrected chi connectivity index (χ2v) is 30.1. The number of likely N-dealkylation sites (tertiary alicyclic amines) is 1. The van der Waals surface area contributed by atoms with Gasteiger partial charge in [-0.25, -0.2) is 0 Å². The summed E-state index contributed by atoms with van der Waals surface area (Å²) in [4.78, 5) is 205. The molecule has 5 rings (SSSR count). The van der Waals surface area contributed by atoms with Crippen LogP contribution in [-0.4, -0.2) is 271 Å². The Kier molecular flexibility index (Phi) is 32.9. The summed E-state index contributed by atoms with van der Waals surface area (Å²) in [5.41, 5.74) is 1.27. The van der Waals surface area contributed by atoms with Crippen molar-refractivity contribution in [2.45, 2.75) is 212 Å². The van der Waals surface area contributed by atoms with Gasteiger partial charge < -0.3 is 70.1 Å². The predicted molar refractivity (Wildman–Crippen MR) is 394 cm³/mol. The highest BCUT2D eigenvalue weighted by molar-refractivity contribution is 14.1. The molecule has 0 saturated carbocycles. The number of carbonyl (C=O) groups excluding carboxylic acids is 13. The summed E-state index contributed by atoms with van der Waals surface area (Å²) in [6.45, 7) is 14.6. The van der Waals surface area contributed by atoms with Crippen molar-refractivity contribution >= 4 is 99.4 Å². The second-order valence-electron chi connectivity index (χ2n) is 28.9. The smallest absolute Gasteiger partial charge is 0.245 e. The van der Waals surface area contributed by atoms with Crippen molar-refractivity contribution in [3.05, 3.63) is 63.2 Å². The van der Waals surface area contributed by atoms with E-state index in [2.05, 4.69) is 43.9 Å². The van der Waals surface area contributed by atoms with Crippen LogP contribution in [-0.2, 0) is 75.2 Å². The first-order valence-electron chi connectivity index (χ1n) is 36.0. The zero-order valence-electron chi connectivity index (χ0n) is 63.2. The maximum Gasteiger partial charge on any atom is 0.245 e. The van der Waals surface area contributed by atoms with Crippen molar-refractivity contribution in [2.75, 3.05) is 89.7 Å². The summed E-state index contributed by atoms with van der Waals surface area (Å²) in [6.07, 6.45) is 2.84. The molecule has 3 heterocycles. The molecule has 0 aromatic heterocycles. The van der Waals surface area contributed by atoms with Gasteiger partial charge in [-0.3, -0.25) is 62.3 Å². The molecule has 28 heteroatoms. The molecule has 3 aliphatic heterocycles. The Morgan fingerprint density at radius 3 is 1.78 bits per heavy atom. The molecule has 11 atom stereocenters. The topological polar surface area (TPSA) is 308 Å². The molecule has 0 aliphatic carbocycles.